The monoisotopic (exact) mass is 450 g/mol. The number of nitrogens with one attached hydrogen (secondary N) is 2. The number of nitrogens with zero attached hydrogens (tertiary/aromatic N) is 2. The number of aromatic nitrogens is 3. The van der Waals surface area contributed by atoms with Crippen LogP contribution in [-0.2, 0) is 6.18 Å². The topological polar surface area (TPSA) is 70.7 Å². The van der Waals surface area contributed by atoms with E-state index in [-0.39, 0.29) is 27.1 Å². The summed E-state index contributed by atoms with van der Waals surface area (Å²) in [5.41, 5.74) is -1.28. The van der Waals surface area contributed by atoms with Crippen molar-refractivity contribution in [1.29, 1.82) is 0 Å². The molecular weight excluding hydrogens is 439 g/mol. The zero-order valence-corrected chi connectivity index (χ0v) is 16.1. The fraction of sp³-hybridized carbons (Fsp3) is 0.0500. The highest BCUT2D eigenvalue weighted by atomic mass is 32.1. The van der Waals surface area contributed by atoms with E-state index >= 15 is 0 Å². The molecule has 0 aliphatic carbocycles. The summed E-state index contributed by atoms with van der Waals surface area (Å²) >= 11 is 0.850. The van der Waals surface area contributed by atoms with Gasteiger partial charge in [0.05, 0.1) is 10.4 Å². The van der Waals surface area contributed by atoms with Gasteiger partial charge >= 0.3 is 6.18 Å². The highest BCUT2D eigenvalue weighted by Gasteiger charge is 2.31. The second-order valence-electron chi connectivity index (χ2n) is 6.26. The first kappa shape index (κ1) is 20.7. The number of carbonyl (C=O) groups excluding carboxylic acids is 1. The maximum absolute atomic E-state index is 13.9. The van der Waals surface area contributed by atoms with Crippen molar-refractivity contribution >= 4 is 22.4 Å². The first-order valence-corrected chi connectivity index (χ1v) is 9.49. The molecule has 0 saturated heterocycles. The summed E-state index contributed by atoms with van der Waals surface area (Å²) in [6.45, 7) is 0. The van der Waals surface area contributed by atoms with Crippen molar-refractivity contribution in [2.24, 2.45) is 0 Å². The zero-order chi connectivity index (χ0) is 22.2. The van der Waals surface area contributed by atoms with Gasteiger partial charge in [0.25, 0.3) is 5.91 Å². The number of alkyl halides is 3. The molecule has 2 aromatic carbocycles. The first-order chi connectivity index (χ1) is 14.7. The molecule has 4 aromatic rings. The third kappa shape index (κ3) is 4.17. The standard InChI is InChI=1S/C20H11F5N4OS/c21-12-5-2-6-13(22)14(12)18(30)29-19-28-15(17-26-7-8-27-17)16(31-19)10-3-1-4-11(9-10)20(23,24)25/h1-9H,(H,26,27)(H,28,29,30). The molecular formula is C20H11F5N4OS. The molecule has 0 radical (unpaired) electrons. The van der Waals surface area contributed by atoms with Crippen LogP contribution in [0.1, 0.15) is 15.9 Å². The van der Waals surface area contributed by atoms with E-state index in [9.17, 15) is 26.7 Å². The van der Waals surface area contributed by atoms with Crippen LogP contribution in [0, 0.1) is 11.6 Å². The van der Waals surface area contributed by atoms with Gasteiger partial charge in [0.1, 0.15) is 22.9 Å². The third-order valence-electron chi connectivity index (χ3n) is 4.21. The minimum absolute atomic E-state index is 0.0635. The van der Waals surface area contributed by atoms with Gasteiger partial charge in [-0.2, -0.15) is 13.2 Å². The molecule has 0 spiro atoms. The molecule has 0 fully saturated rings. The number of imidazole rings is 1. The minimum Gasteiger partial charge on any atom is -0.343 e. The molecule has 0 saturated carbocycles. The van der Waals surface area contributed by atoms with Gasteiger partial charge in [-0.05, 0) is 29.8 Å². The van der Waals surface area contributed by atoms with Crippen molar-refractivity contribution in [1.82, 2.24) is 15.0 Å². The lowest BCUT2D eigenvalue weighted by atomic mass is 10.1. The molecule has 0 aliphatic heterocycles. The Balaban J connectivity index is 1.76. The lowest BCUT2D eigenvalue weighted by Crippen LogP contribution is -2.15. The van der Waals surface area contributed by atoms with E-state index in [0.717, 1.165) is 41.7 Å². The molecule has 31 heavy (non-hydrogen) atoms. The fourth-order valence-electron chi connectivity index (χ4n) is 2.84. The number of hydrogen-bond acceptors (Lipinski definition) is 4. The molecule has 5 nitrogen and oxygen atoms in total. The van der Waals surface area contributed by atoms with Gasteiger partial charge in [-0.25, -0.2) is 18.7 Å². The predicted octanol–water partition coefficient (Wildman–Crippen LogP) is 5.75. The van der Waals surface area contributed by atoms with Crippen LogP contribution in [0.4, 0.5) is 27.1 Å². The van der Waals surface area contributed by atoms with E-state index in [2.05, 4.69) is 20.3 Å². The van der Waals surface area contributed by atoms with Crippen LogP contribution in [0.25, 0.3) is 22.0 Å². The number of H-pyrrole nitrogens is 1. The maximum atomic E-state index is 13.9. The van der Waals surface area contributed by atoms with Crippen molar-refractivity contribution in [3.63, 3.8) is 0 Å². The van der Waals surface area contributed by atoms with E-state index in [1.165, 1.54) is 24.5 Å². The van der Waals surface area contributed by atoms with Gasteiger partial charge in [0.2, 0.25) is 0 Å². The number of carbonyl (C=O) groups is 1. The smallest absolute Gasteiger partial charge is 0.343 e. The molecule has 0 atom stereocenters. The van der Waals surface area contributed by atoms with Crippen molar-refractivity contribution in [2.75, 3.05) is 5.32 Å². The van der Waals surface area contributed by atoms with E-state index < -0.39 is 34.8 Å². The van der Waals surface area contributed by atoms with Crippen molar-refractivity contribution in [2.45, 2.75) is 6.18 Å². The molecule has 11 heteroatoms. The molecule has 2 aromatic heterocycles. The number of hydrogen-bond donors (Lipinski definition) is 2. The molecule has 0 unspecified atom stereocenters. The van der Waals surface area contributed by atoms with Crippen LogP contribution in [0.15, 0.2) is 54.9 Å². The van der Waals surface area contributed by atoms with Crippen LogP contribution >= 0.6 is 11.3 Å². The van der Waals surface area contributed by atoms with Gasteiger partial charge in [-0.15, -0.1) is 0 Å². The Morgan fingerprint density at radius 1 is 1.06 bits per heavy atom. The quantitative estimate of drug-likeness (QED) is 0.389. The Kier molecular flexibility index (Phi) is 5.27. The summed E-state index contributed by atoms with van der Waals surface area (Å²) < 4.78 is 67.2. The Labute approximate surface area is 175 Å². The SMILES string of the molecule is O=C(Nc1nc(-c2ncc[nH]2)c(-c2cccc(C(F)(F)F)c2)s1)c1c(F)cccc1F. The van der Waals surface area contributed by atoms with E-state index in [1.54, 1.807) is 0 Å². The fourth-order valence-corrected chi connectivity index (χ4v) is 3.79. The average Bonchev–Trinajstić information content (AvgIpc) is 3.37. The second kappa shape index (κ2) is 7.91. The lowest BCUT2D eigenvalue weighted by Gasteiger charge is -2.08. The van der Waals surface area contributed by atoms with Gasteiger partial charge < -0.3 is 4.98 Å². The number of benzene rings is 2. The number of anilines is 1. The zero-order valence-electron chi connectivity index (χ0n) is 15.3. The van der Waals surface area contributed by atoms with Crippen LogP contribution in [0.5, 0.6) is 0 Å². The van der Waals surface area contributed by atoms with Gasteiger partial charge in [0.15, 0.2) is 11.0 Å². The van der Waals surface area contributed by atoms with Crippen molar-refractivity contribution in [3.8, 4) is 22.0 Å². The maximum Gasteiger partial charge on any atom is 0.416 e. The summed E-state index contributed by atoms with van der Waals surface area (Å²) in [4.78, 5) is 23.7. The summed E-state index contributed by atoms with van der Waals surface area (Å²) in [5, 5.41) is 2.24. The van der Waals surface area contributed by atoms with Crippen LogP contribution in [0.2, 0.25) is 0 Å². The first-order valence-electron chi connectivity index (χ1n) is 8.67. The Hall–Kier alpha value is -3.60. The third-order valence-corrected chi connectivity index (χ3v) is 5.23. The summed E-state index contributed by atoms with van der Waals surface area (Å²) in [5.74, 6) is -2.94. The van der Waals surface area contributed by atoms with Crippen LogP contribution in [-0.4, -0.2) is 20.9 Å². The number of halogens is 5. The summed E-state index contributed by atoms with van der Waals surface area (Å²) in [6.07, 6.45) is -1.62. The number of aromatic amines is 1. The average molecular weight is 450 g/mol. The number of amides is 1. The Morgan fingerprint density at radius 3 is 2.42 bits per heavy atom. The lowest BCUT2D eigenvalue weighted by molar-refractivity contribution is -0.137. The summed E-state index contributed by atoms with van der Waals surface area (Å²) in [6, 6.07) is 7.56. The number of rotatable bonds is 4. The molecule has 158 valence electrons. The van der Waals surface area contributed by atoms with Gasteiger partial charge in [-0.1, -0.05) is 29.5 Å². The number of thiazole rings is 1. The van der Waals surface area contributed by atoms with E-state index in [4.69, 9.17) is 0 Å². The highest BCUT2D eigenvalue weighted by Crippen LogP contribution is 2.40. The second-order valence-corrected chi connectivity index (χ2v) is 7.26. The van der Waals surface area contributed by atoms with Crippen molar-refractivity contribution < 1.29 is 26.7 Å². The van der Waals surface area contributed by atoms with E-state index in [0.29, 0.717) is 0 Å². The van der Waals surface area contributed by atoms with E-state index in [1.807, 2.05) is 0 Å². The molecule has 2 N–H and O–H groups in total. The molecule has 4 rings (SSSR count). The van der Waals surface area contributed by atoms with Crippen molar-refractivity contribution in [3.05, 3.63) is 77.6 Å². The highest BCUT2D eigenvalue weighted by molar-refractivity contribution is 7.19. The largest absolute Gasteiger partial charge is 0.416 e. The molecule has 2 heterocycles. The van der Waals surface area contributed by atoms with Crippen LogP contribution < -0.4 is 5.32 Å². The molecule has 0 bridgehead atoms. The normalized spacial score (nSPS) is 11.5. The predicted molar refractivity (Wildman–Crippen MR) is 104 cm³/mol. The van der Waals surface area contributed by atoms with Crippen LogP contribution in [0.3, 0.4) is 0 Å². The minimum atomic E-state index is -4.55. The van der Waals surface area contributed by atoms with Gasteiger partial charge in [-0.3, -0.25) is 10.1 Å². The Morgan fingerprint density at radius 2 is 1.77 bits per heavy atom. The summed E-state index contributed by atoms with van der Waals surface area (Å²) in [7, 11) is 0. The Bertz CT molecular complexity index is 1230. The molecule has 1 amide bonds. The molecule has 0 aliphatic rings. The van der Waals surface area contributed by atoms with Gasteiger partial charge in [0, 0.05) is 12.4 Å².